The predicted octanol–water partition coefficient (Wildman–Crippen LogP) is 6.79. The molecule has 4 fully saturated rings. The van der Waals surface area contributed by atoms with Gasteiger partial charge in [0.05, 0.1) is 0 Å². The minimum atomic E-state index is -1.43. The smallest absolute Gasteiger partial charge is 0.166 e. The Hall–Kier alpha value is -0.0800. The first-order valence-electron chi connectivity index (χ1n) is 13.0. The van der Waals surface area contributed by atoms with Crippen molar-refractivity contribution in [2.24, 2.45) is 52.3 Å². The molecule has 0 aromatic rings. The van der Waals surface area contributed by atoms with Gasteiger partial charge in [-0.15, -0.1) is 0 Å². The Morgan fingerprint density at radius 2 is 1.55 bits per heavy atom. The van der Waals surface area contributed by atoms with Gasteiger partial charge in [0, 0.05) is 12.3 Å². The van der Waals surface area contributed by atoms with E-state index in [2.05, 4.69) is 34.6 Å². The third kappa shape index (κ3) is 3.63. The van der Waals surface area contributed by atoms with Gasteiger partial charge < -0.3 is 10.2 Å². The Morgan fingerprint density at radius 1 is 0.828 bits per heavy atom. The molecule has 0 spiro atoms. The second-order valence-corrected chi connectivity index (χ2v) is 12.8. The monoisotopic (exact) mass is 404 g/mol. The molecule has 0 radical (unpaired) electrons. The van der Waals surface area contributed by atoms with Crippen LogP contribution in [0.15, 0.2) is 0 Å². The zero-order valence-electron chi connectivity index (χ0n) is 19.9. The molecule has 29 heavy (non-hydrogen) atoms. The molecule has 0 heterocycles. The van der Waals surface area contributed by atoms with Gasteiger partial charge in [0.25, 0.3) is 0 Å². The first kappa shape index (κ1) is 22.1. The summed E-state index contributed by atoms with van der Waals surface area (Å²) in [5.41, 5.74) is 0.569. The minimum Gasteiger partial charge on any atom is -0.365 e. The van der Waals surface area contributed by atoms with Crippen molar-refractivity contribution in [3.8, 4) is 0 Å². The quantitative estimate of drug-likeness (QED) is 0.495. The lowest BCUT2D eigenvalue weighted by molar-refractivity contribution is -0.296. The summed E-state index contributed by atoms with van der Waals surface area (Å²) in [4.78, 5) is 0. The minimum absolute atomic E-state index is 0.0986. The van der Waals surface area contributed by atoms with Crippen LogP contribution in [0, 0.1) is 52.3 Å². The van der Waals surface area contributed by atoms with E-state index in [-0.39, 0.29) is 11.3 Å². The maximum atomic E-state index is 11.2. The molecule has 4 aliphatic carbocycles. The topological polar surface area (TPSA) is 40.5 Å². The van der Waals surface area contributed by atoms with E-state index in [1.165, 1.54) is 64.2 Å². The number of fused-ring (bicyclic) bond motifs is 5. The molecule has 4 aliphatic rings. The number of rotatable bonds is 5. The lowest BCUT2D eigenvalue weighted by atomic mass is 9.43. The highest BCUT2D eigenvalue weighted by atomic mass is 16.5. The van der Waals surface area contributed by atoms with Crippen molar-refractivity contribution in [1.29, 1.82) is 0 Å². The molecule has 0 saturated heterocycles. The van der Waals surface area contributed by atoms with E-state index >= 15 is 0 Å². The van der Waals surface area contributed by atoms with Gasteiger partial charge in [-0.05, 0) is 84.9 Å². The fourth-order valence-corrected chi connectivity index (χ4v) is 9.47. The molecule has 0 aromatic carbocycles. The zero-order valence-corrected chi connectivity index (χ0v) is 19.9. The van der Waals surface area contributed by atoms with Gasteiger partial charge in [0.2, 0.25) is 0 Å². The summed E-state index contributed by atoms with van der Waals surface area (Å²) in [5, 5.41) is 22.4. The van der Waals surface area contributed by atoms with Crippen molar-refractivity contribution < 1.29 is 10.2 Å². The van der Waals surface area contributed by atoms with Crippen LogP contribution in [0.1, 0.15) is 112 Å². The maximum Gasteiger partial charge on any atom is 0.166 e. The third-order valence-electron chi connectivity index (χ3n) is 10.8. The van der Waals surface area contributed by atoms with Gasteiger partial charge >= 0.3 is 0 Å². The first-order valence-corrected chi connectivity index (χ1v) is 13.0. The molecule has 4 saturated carbocycles. The van der Waals surface area contributed by atoms with Crippen molar-refractivity contribution in [3.05, 3.63) is 0 Å². The fraction of sp³-hybridized carbons (Fsp3) is 1.00. The van der Waals surface area contributed by atoms with Gasteiger partial charge in [0.1, 0.15) is 0 Å². The molecule has 8 atom stereocenters. The van der Waals surface area contributed by atoms with Gasteiger partial charge in [-0.3, -0.25) is 0 Å². The van der Waals surface area contributed by atoms with E-state index < -0.39 is 5.79 Å². The zero-order chi connectivity index (χ0) is 21.0. The van der Waals surface area contributed by atoms with Crippen LogP contribution < -0.4 is 0 Å². The van der Waals surface area contributed by atoms with E-state index in [0.29, 0.717) is 29.6 Å². The molecule has 0 amide bonds. The Morgan fingerprint density at radius 3 is 2.28 bits per heavy atom. The van der Waals surface area contributed by atoms with Crippen molar-refractivity contribution in [3.63, 3.8) is 0 Å². The second-order valence-electron chi connectivity index (χ2n) is 12.8. The summed E-state index contributed by atoms with van der Waals surface area (Å²) in [6.07, 6.45) is 14.9. The van der Waals surface area contributed by atoms with Crippen LogP contribution in [-0.4, -0.2) is 16.0 Å². The van der Waals surface area contributed by atoms with Crippen LogP contribution in [0.3, 0.4) is 0 Å². The van der Waals surface area contributed by atoms with Crippen LogP contribution in [0.2, 0.25) is 0 Å². The van der Waals surface area contributed by atoms with E-state index in [9.17, 15) is 10.2 Å². The first-order chi connectivity index (χ1) is 13.6. The average molecular weight is 405 g/mol. The number of aliphatic hydroxyl groups is 2. The van der Waals surface area contributed by atoms with Crippen LogP contribution in [0.5, 0.6) is 0 Å². The second kappa shape index (κ2) is 7.80. The summed E-state index contributed by atoms with van der Waals surface area (Å²) < 4.78 is 0. The molecule has 0 unspecified atom stereocenters. The number of hydrogen-bond donors (Lipinski definition) is 2. The van der Waals surface area contributed by atoms with Crippen molar-refractivity contribution >= 4 is 0 Å². The molecule has 2 nitrogen and oxygen atoms in total. The summed E-state index contributed by atoms with van der Waals surface area (Å²) in [6.45, 7) is 12.2. The number of hydrogen-bond acceptors (Lipinski definition) is 2. The van der Waals surface area contributed by atoms with Crippen LogP contribution in [0.25, 0.3) is 0 Å². The molecular formula is C27H48O2. The lowest BCUT2D eigenvalue weighted by Crippen LogP contribution is -2.62. The molecule has 168 valence electrons. The normalized spacial score (nSPS) is 47.4. The molecule has 2 N–H and O–H groups in total. The summed E-state index contributed by atoms with van der Waals surface area (Å²) in [7, 11) is 0. The molecule has 0 aliphatic heterocycles. The van der Waals surface area contributed by atoms with E-state index in [0.717, 1.165) is 24.2 Å². The Labute approximate surface area is 180 Å². The van der Waals surface area contributed by atoms with E-state index in [1.807, 2.05) is 0 Å². The molecular weight excluding hydrogens is 356 g/mol. The predicted molar refractivity (Wildman–Crippen MR) is 120 cm³/mol. The Balaban J connectivity index is 1.53. The van der Waals surface area contributed by atoms with Crippen molar-refractivity contribution in [1.82, 2.24) is 0 Å². The summed E-state index contributed by atoms with van der Waals surface area (Å²) in [6, 6.07) is 0. The molecule has 2 heteroatoms. The third-order valence-corrected chi connectivity index (χ3v) is 10.8. The highest BCUT2D eigenvalue weighted by molar-refractivity contribution is 5.12. The summed E-state index contributed by atoms with van der Waals surface area (Å²) >= 11 is 0. The van der Waals surface area contributed by atoms with Crippen LogP contribution in [0.4, 0.5) is 0 Å². The standard InChI is InChI=1S/C27H48O2/c1-18(2)9-8-10-19(3)21-12-13-22-20-17-27(28,29)24-11-6-7-15-26(24,5)23(20)14-16-25(21,22)4/h18-24,28-29H,6-17H2,1-5H3/t19-,20+,21-,22-,23-,24+,25+,26-/m0/s1. The van der Waals surface area contributed by atoms with Crippen molar-refractivity contribution in [2.75, 3.05) is 0 Å². The van der Waals surface area contributed by atoms with Gasteiger partial charge in [-0.1, -0.05) is 66.7 Å². The average Bonchev–Trinajstić information content (AvgIpc) is 2.98. The van der Waals surface area contributed by atoms with Gasteiger partial charge in [-0.25, -0.2) is 0 Å². The van der Waals surface area contributed by atoms with E-state index in [1.54, 1.807) is 0 Å². The fourth-order valence-electron chi connectivity index (χ4n) is 9.47. The molecule has 0 aromatic heterocycles. The maximum absolute atomic E-state index is 11.2. The van der Waals surface area contributed by atoms with E-state index in [4.69, 9.17) is 0 Å². The highest BCUT2D eigenvalue weighted by Crippen LogP contribution is 2.69. The van der Waals surface area contributed by atoms with Crippen LogP contribution in [-0.2, 0) is 0 Å². The largest absolute Gasteiger partial charge is 0.365 e. The Bertz CT molecular complexity index is 583. The highest BCUT2D eigenvalue weighted by Gasteiger charge is 2.64. The Kier molecular flexibility index (Phi) is 5.95. The lowest BCUT2D eigenvalue weighted by Gasteiger charge is -2.63. The van der Waals surface area contributed by atoms with Gasteiger partial charge in [-0.2, -0.15) is 0 Å². The van der Waals surface area contributed by atoms with Gasteiger partial charge in [0.15, 0.2) is 5.79 Å². The SMILES string of the molecule is CC(C)CCC[C@H](C)[C@@H]1CC[C@H]2[C@H]3CC(O)(O)[C@@H]4CCCC[C@@]4(C)[C@H]3CC[C@@]21C. The van der Waals surface area contributed by atoms with Crippen LogP contribution >= 0.6 is 0 Å². The summed E-state index contributed by atoms with van der Waals surface area (Å²) in [5.74, 6) is 3.08. The van der Waals surface area contributed by atoms with Crippen molar-refractivity contribution in [2.45, 2.75) is 117 Å². The molecule has 0 bridgehead atoms. The molecule has 4 rings (SSSR count).